The van der Waals surface area contributed by atoms with Crippen molar-refractivity contribution in [2.24, 2.45) is 0 Å². The van der Waals surface area contributed by atoms with Crippen LogP contribution in [0.3, 0.4) is 0 Å². The summed E-state index contributed by atoms with van der Waals surface area (Å²) in [5.74, 6) is 1.55. The second-order valence-corrected chi connectivity index (χ2v) is 4.66. The zero-order chi connectivity index (χ0) is 14.5. The number of nitrogens with zero attached hydrogens (tertiary/aromatic N) is 2. The van der Waals surface area contributed by atoms with Crippen molar-refractivity contribution >= 4 is 0 Å². The molecule has 2 aromatic rings. The van der Waals surface area contributed by atoms with Crippen LogP contribution >= 0.6 is 0 Å². The van der Waals surface area contributed by atoms with Crippen molar-refractivity contribution in [2.45, 2.75) is 27.3 Å². The topological polar surface area (TPSA) is 47.0 Å². The van der Waals surface area contributed by atoms with Gasteiger partial charge in [-0.2, -0.15) is 0 Å². The predicted molar refractivity (Wildman–Crippen MR) is 80.9 cm³/mol. The van der Waals surface area contributed by atoms with Gasteiger partial charge in [-0.3, -0.25) is 0 Å². The smallest absolute Gasteiger partial charge is 0.163 e. The van der Waals surface area contributed by atoms with Crippen molar-refractivity contribution in [1.29, 1.82) is 0 Å². The first kappa shape index (κ1) is 14.5. The van der Waals surface area contributed by atoms with Gasteiger partial charge in [0.2, 0.25) is 0 Å². The maximum Gasteiger partial charge on any atom is 0.163 e. The van der Waals surface area contributed by atoms with Crippen LogP contribution in [0.1, 0.15) is 23.9 Å². The van der Waals surface area contributed by atoms with Crippen LogP contribution in [0.25, 0.3) is 11.4 Å². The Kier molecular flexibility index (Phi) is 4.69. The highest BCUT2D eigenvalue weighted by atomic mass is 16.5. The normalized spacial score (nSPS) is 10.6. The average Bonchev–Trinajstić information content (AvgIpc) is 2.43. The molecule has 0 aliphatic rings. The molecule has 0 fully saturated rings. The second kappa shape index (κ2) is 6.48. The maximum atomic E-state index is 5.66. The number of para-hydroxylation sites is 1. The van der Waals surface area contributed by atoms with E-state index in [1.54, 1.807) is 0 Å². The van der Waals surface area contributed by atoms with E-state index < -0.39 is 0 Å². The summed E-state index contributed by atoms with van der Waals surface area (Å²) in [6.45, 7) is 7.43. The van der Waals surface area contributed by atoms with Gasteiger partial charge in [0, 0.05) is 23.5 Å². The van der Waals surface area contributed by atoms with Gasteiger partial charge >= 0.3 is 0 Å². The number of aromatic nitrogens is 2. The minimum atomic E-state index is 0.632. The summed E-state index contributed by atoms with van der Waals surface area (Å²) >= 11 is 0. The third kappa shape index (κ3) is 2.96. The number of ether oxygens (including phenoxy) is 1. The predicted octanol–water partition coefficient (Wildman–Crippen LogP) is 2.88. The van der Waals surface area contributed by atoms with Crippen LogP contribution in [0.15, 0.2) is 24.3 Å². The van der Waals surface area contributed by atoms with E-state index in [0.717, 1.165) is 40.6 Å². The van der Waals surface area contributed by atoms with E-state index in [4.69, 9.17) is 4.74 Å². The Hall–Kier alpha value is -1.94. The van der Waals surface area contributed by atoms with Gasteiger partial charge in [0.05, 0.1) is 12.2 Å². The molecule has 1 aromatic heterocycles. The van der Waals surface area contributed by atoms with E-state index in [0.29, 0.717) is 6.61 Å². The van der Waals surface area contributed by atoms with Crippen LogP contribution in [-0.2, 0) is 6.54 Å². The standard InChI is InChI=1S/C16H21N3O/c1-5-20-15-9-7-6-8-13(15)16-18-11(2)14(10-17-4)12(3)19-16/h6-9,17H,5,10H2,1-4H3. The van der Waals surface area contributed by atoms with Gasteiger partial charge in [-0.1, -0.05) is 12.1 Å². The summed E-state index contributed by atoms with van der Waals surface area (Å²) in [6.07, 6.45) is 0. The molecule has 20 heavy (non-hydrogen) atoms. The van der Waals surface area contributed by atoms with E-state index in [1.807, 2.05) is 52.1 Å². The fourth-order valence-electron chi connectivity index (χ4n) is 2.23. The van der Waals surface area contributed by atoms with Crippen LogP contribution in [-0.4, -0.2) is 23.6 Å². The number of benzene rings is 1. The molecule has 0 saturated carbocycles. The second-order valence-electron chi connectivity index (χ2n) is 4.66. The highest BCUT2D eigenvalue weighted by Gasteiger charge is 2.12. The van der Waals surface area contributed by atoms with E-state index in [9.17, 15) is 0 Å². The van der Waals surface area contributed by atoms with Crippen molar-refractivity contribution in [2.75, 3.05) is 13.7 Å². The number of hydrogen-bond donors (Lipinski definition) is 1. The van der Waals surface area contributed by atoms with Gasteiger partial charge in [0.15, 0.2) is 5.82 Å². The summed E-state index contributed by atoms with van der Waals surface area (Å²) in [5, 5.41) is 3.15. The molecule has 106 valence electrons. The molecule has 2 rings (SSSR count). The van der Waals surface area contributed by atoms with Crippen molar-refractivity contribution in [3.05, 3.63) is 41.2 Å². The molecule has 4 heteroatoms. The minimum absolute atomic E-state index is 0.632. The molecule has 1 N–H and O–H groups in total. The number of rotatable bonds is 5. The molecule has 0 unspecified atom stereocenters. The summed E-state index contributed by atoms with van der Waals surface area (Å²) in [5.41, 5.74) is 4.11. The summed E-state index contributed by atoms with van der Waals surface area (Å²) in [6, 6.07) is 7.89. The minimum Gasteiger partial charge on any atom is -0.493 e. The zero-order valence-electron chi connectivity index (χ0n) is 12.5. The molecule has 0 amide bonds. The van der Waals surface area contributed by atoms with Gasteiger partial charge in [0.1, 0.15) is 5.75 Å². The van der Waals surface area contributed by atoms with Gasteiger partial charge in [-0.25, -0.2) is 9.97 Å². The van der Waals surface area contributed by atoms with Crippen LogP contribution in [0.4, 0.5) is 0 Å². The molecule has 1 heterocycles. The average molecular weight is 271 g/mol. The molecule has 0 saturated heterocycles. The lowest BCUT2D eigenvalue weighted by atomic mass is 10.1. The summed E-state index contributed by atoms with van der Waals surface area (Å²) < 4.78 is 5.66. The molecular formula is C16H21N3O. The van der Waals surface area contributed by atoms with Crippen LogP contribution in [0.2, 0.25) is 0 Å². The van der Waals surface area contributed by atoms with Crippen LogP contribution in [0.5, 0.6) is 5.75 Å². The first-order valence-corrected chi connectivity index (χ1v) is 6.88. The van der Waals surface area contributed by atoms with Gasteiger partial charge < -0.3 is 10.1 Å². The SMILES string of the molecule is CCOc1ccccc1-c1nc(C)c(CNC)c(C)n1. The number of aryl methyl sites for hydroxylation is 2. The third-order valence-electron chi connectivity index (χ3n) is 3.20. The highest BCUT2D eigenvalue weighted by Crippen LogP contribution is 2.28. The van der Waals surface area contributed by atoms with E-state index >= 15 is 0 Å². The lowest BCUT2D eigenvalue weighted by Crippen LogP contribution is -2.11. The van der Waals surface area contributed by atoms with E-state index in [-0.39, 0.29) is 0 Å². The lowest BCUT2D eigenvalue weighted by molar-refractivity contribution is 0.341. The molecule has 0 aliphatic carbocycles. The van der Waals surface area contributed by atoms with Crippen molar-refractivity contribution in [3.8, 4) is 17.1 Å². The van der Waals surface area contributed by atoms with Crippen LogP contribution < -0.4 is 10.1 Å². The third-order valence-corrected chi connectivity index (χ3v) is 3.20. The molecular weight excluding hydrogens is 250 g/mol. The Bertz CT molecular complexity index is 573. The molecule has 0 spiro atoms. The Morgan fingerprint density at radius 1 is 1.10 bits per heavy atom. The van der Waals surface area contributed by atoms with Crippen molar-refractivity contribution < 1.29 is 4.74 Å². The van der Waals surface area contributed by atoms with Gasteiger partial charge in [-0.15, -0.1) is 0 Å². The first-order valence-electron chi connectivity index (χ1n) is 6.88. The number of hydrogen-bond acceptors (Lipinski definition) is 4. The lowest BCUT2D eigenvalue weighted by Gasteiger charge is -2.13. The summed E-state index contributed by atoms with van der Waals surface area (Å²) in [7, 11) is 1.93. The van der Waals surface area contributed by atoms with E-state index in [1.165, 1.54) is 0 Å². The number of nitrogens with one attached hydrogen (secondary N) is 1. The molecule has 0 atom stereocenters. The highest BCUT2D eigenvalue weighted by molar-refractivity contribution is 5.64. The first-order chi connectivity index (χ1) is 9.67. The summed E-state index contributed by atoms with van der Waals surface area (Å²) in [4.78, 5) is 9.27. The Morgan fingerprint density at radius 2 is 1.75 bits per heavy atom. The molecule has 0 radical (unpaired) electrons. The molecule has 1 aromatic carbocycles. The molecule has 0 bridgehead atoms. The van der Waals surface area contributed by atoms with Gasteiger partial charge in [-0.05, 0) is 40.0 Å². The molecule has 4 nitrogen and oxygen atoms in total. The fraction of sp³-hybridized carbons (Fsp3) is 0.375. The van der Waals surface area contributed by atoms with Crippen molar-refractivity contribution in [3.63, 3.8) is 0 Å². The van der Waals surface area contributed by atoms with Crippen LogP contribution in [0, 0.1) is 13.8 Å². The van der Waals surface area contributed by atoms with Gasteiger partial charge in [0.25, 0.3) is 0 Å². The molecule has 0 aliphatic heterocycles. The largest absolute Gasteiger partial charge is 0.493 e. The fourth-order valence-corrected chi connectivity index (χ4v) is 2.23. The Morgan fingerprint density at radius 3 is 2.35 bits per heavy atom. The monoisotopic (exact) mass is 271 g/mol. The maximum absolute atomic E-state index is 5.66. The quantitative estimate of drug-likeness (QED) is 0.908. The van der Waals surface area contributed by atoms with E-state index in [2.05, 4.69) is 15.3 Å². The van der Waals surface area contributed by atoms with Crippen molar-refractivity contribution in [1.82, 2.24) is 15.3 Å². The Balaban J connectivity index is 2.49. The Labute approximate surface area is 120 Å². The zero-order valence-corrected chi connectivity index (χ0v) is 12.5.